The first-order valence-corrected chi connectivity index (χ1v) is 9.73. The number of ether oxygens (including phenoxy) is 1. The summed E-state index contributed by atoms with van der Waals surface area (Å²) in [7, 11) is 0. The average Bonchev–Trinajstić information content (AvgIpc) is 2.37. The van der Waals surface area contributed by atoms with Crippen molar-refractivity contribution >= 4 is 22.6 Å². The fourth-order valence-corrected chi connectivity index (χ4v) is 4.77. The minimum absolute atomic E-state index is 0.473. The first-order chi connectivity index (χ1) is 9.19. The maximum Gasteiger partial charge on any atom is 0.0616 e. The van der Waals surface area contributed by atoms with E-state index in [-0.39, 0.29) is 0 Å². The zero-order chi connectivity index (χ0) is 14.1. The molecule has 4 atom stereocenters. The van der Waals surface area contributed by atoms with Crippen molar-refractivity contribution in [3.8, 4) is 0 Å². The van der Waals surface area contributed by atoms with Crippen LogP contribution in [0.4, 0.5) is 0 Å². The van der Waals surface area contributed by atoms with E-state index in [9.17, 15) is 0 Å². The van der Waals surface area contributed by atoms with E-state index in [2.05, 4.69) is 43.4 Å². The molecule has 1 heterocycles. The lowest BCUT2D eigenvalue weighted by Crippen LogP contribution is -2.40. The van der Waals surface area contributed by atoms with E-state index < -0.39 is 0 Å². The van der Waals surface area contributed by atoms with Crippen LogP contribution in [0.5, 0.6) is 0 Å². The Morgan fingerprint density at radius 1 is 0.947 bits per heavy atom. The van der Waals surface area contributed by atoms with E-state index in [1.165, 1.54) is 64.2 Å². The first-order valence-electron chi connectivity index (χ1n) is 8.48. The van der Waals surface area contributed by atoms with Crippen LogP contribution >= 0.6 is 22.6 Å². The van der Waals surface area contributed by atoms with Gasteiger partial charge < -0.3 is 4.74 Å². The van der Waals surface area contributed by atoms with Gasteiger partial charge in [0, 0.05) is 3.92 Å². The molecule has 0 spiro atoms. The molecule has 114 valence electrons. The third kappa shape index (κ3) is 6.79. The Balaban J connectivity index is 2.40. The van der Waals surface area contributed by atoms with E-state index in [0.717, 1.165) is 9.84 Å². The first kappa shape index (κ1) is 17.7. The maximum atomic E-state index is 6.27. The number of alkyl halides is 1. The van der Waals surface area contributed by atoms with Crippen LogP contribution in [0.25, 0.3) is 0 Å². The summed E-state index contributed by atoms with van der Waals surface area (Å²) < 4.78 is 7.10. The van der Waals surface area contributed by atoms with Crippen molar-refractivity contribution in [3.05, 3.63) is 0 Å². The summed E-state index contributed by atoms with van der Waals surface area (Å²) in [6, 6.07) is 0. The Kier molecular flexibility index (Phi) is 9.73. The van der Waals surface area contributed by atoms with Crippen LogP contribution in [0.2, 0.25) is 0 Å². The van der Waals surface area contributed by atoms with Gasteiger partial charge in [0.2, 0.25) is 0 Å². The lowest BCUT2D eigenvalue weighted by Gasteiger charge is -2.39. The highest BCUT2D eigenvalue weighted by Gasteiger charge is 2.34. The van der Waals surface area contributed by atoms with Gasteiger partial charge in [0.1, 0.15) is 0 Å². The quantitative estimate of drug-likeness (QED) is 0.265. The van der Waals surface area contributed by atoms with Gasteiger partial charge in [-0.2, -0.15) is 0 Å². The van der Waals surface area contributed by atoms with Gasteiger partial charge in [0.25, 0.3) is 0 Å². The monoisotopic (exact) mass is 380 g/mol. The van der Waals surface area contributed by atoms with E-state index >= 15 is 0 Å². The number of rotatable bonds is 9. The summed E-state index contributed by atoms with van der Waals surface area (Å²) in [5, 5.41) is 0. The summed E-state index contributed by atoms with van der Waals surface area (Å²) in [4.78, 5) is 0. The molecule has 1 aliphatic rings. The van der Waals surface area contributed by atoms with Crippen molar-refractivity contribution in [3.63, 3.8) is 0 Å². The Morgan fingerprint density at radius 2 is 1.58 bits per heavy atom. The maximum absolute atomic E-state index is 6.27. The molecule has 1 nitrogen and oxygen atoms in total. The van der Waals surface area contributed by atoms with Crippen LogP contribution in [0, 0.1) is 5.92 Å². The van der Waals surface area contributed by atoms with Crippen molar-refractivity contribution in [1.82, 2.24) is 0 Å². The topological polar surface area (TPSA) is 9.23 Å². The fourth-order valence-electron chi connectivity index (χ4n) is 3.23. The zero-order valence-electron chi connectivity index (χ0n) is 13.2. The molecular weight excluding hydrogens is 347 g/mol. The van der Waals surface area contributed by atoms with Crippen molar-refractivity contribution in [1.29, 1.82) is 0 Å². The zero-order valence-corrected chi connectivity index (χ0v) is 15.3. The van der Waals surface area contributed by atoms with E-state index in [1.807, 2.05) is 0 Å². The predicted octanol–water partition coefficient (Wildman–Crippen LogP) is 6.13. The van der Waals surface area contributed by atoms with Crippen molar-refractivity contribution in [2.75, 3.05) is 0 Å². The van der Waals surface area contributed by atoms with Crippen LogP contribution in [0.15, 0.2) is 0 Å². The molecule has 1 rings (SSSR count). The van der Waals surface area contributed by atoms with Crippen LogP contribution in [-0.2, 0) is 4.74 Å². The van der Waals surface area contributed by atoms with Gasteiger partial charge in [-0.05, 0) is 32.1 Å². The highest BCUT2D eigenvalue weighted by atomic mass is 127. The predicted molar refractivity (Wildman–Crippen MR) is 93.2 cm³/mol. The minimum atomic E-state index is 0.473. The second kappa shape index (κ2) is 10.4. The molecule has 0 aliphatic carbocycles. The summed E-state index contributed by atoms with van der Waals surface area (Å²) in [6.45, 7) is 6.83. The molecule has 1 aliphatic heterocycles. The normalized spacial score (nSPS) is 31.6. The second-order valence-electron chi connectivity index (χ2n) is 6.25. The molecule has 0 bridgehead atoms. The number of unbranched alkanes of at least 4 members (excludes halogenated alkanes) is 5. The molecule has 0 aromatic rings. The van der Waals surface area contributed by atoms with Gasteiger partial charge in [0.05, 0.1) is 12.2 Å². The molecule has 0 saturated carbocycles. The van der Waals surface area contributed by atoms with Crippen LogP contribution < -0.4 is 0 Å². The third-order valence-electron chi connectivity index (χ3n) is 4.39. The van der Waals surface area contributed by atoms with Gasteiger partial charge >= 0.3 is 0 Å². The van der Waals surface area contributed by atoms with Crippen molar-refractivity contribution in [2.24, 2.45) is 5.92 Å². The van der Waals surface area contributed by atoms with E-state index in [4.69, 9.17) is 4.74 Å². The SMILES string of the molecule is CCCCCC[C@H]1[C@H](CCCCC)O[C@H](C)C[C@@H]1I. The highest BCUT2D eigenvalue weighted by Crippen LogP contribution is 2.36. The lowest BCUT2D eigenvalue weighted by molar-refractivity contribution is -0.0756. The molecular formula is C17H33IO. The van der Waals surface area contributed by atoms with Crippen molar-refractivity contribution < 1.29 is 4.74 Å². The molecule has 0 aromatic heterocycles. The average molecular weight is 380 g/mol. The van der Waals surface area contributed by atoms with Gasteiger partial charge in [-0.25, -0.2) is 0 Å². The molecule has 19 heavy (non-hydrogen) atoms. The van der Waals surface area contributed by atoms with E-state index in [0.29, 0.717) is 12.2 Å². The van der Waals surface area contributed by atoms with Crippen LogP contribution in [0.3, 0.4) is 0 Å². The molecule has 1 saturated heterocycles. The molecule has 0 radical (unpaired) electrons. The Bertz CT molecular complexity index is 219. The summed E-state index contributed by atoms with van der Waals surface area (Å²) in [6.07, 6.45) is 14.5. The Hall–Kier alpha value is 0.690. The summed E-state index contributed by atoms with van der Waals surface area (Å²) in [5.74, 6) is 0.811. The number of hydrogen-bond acceptors (Lipinski definition) is 1. The van der Waals surface area contributed by atoms with E-state index in [1.54, 1.807) is 0 Å². The van der Waals surface area contributed by atoms with Gasteiger partial charge in [0.15, 0.2) is 0 Å². The summed E-state index contributed by atoms with van der Waals surface area (Å²) in [5.41, 5.74) is 0. The number of hydrogen-bond donors (Lipinski definition) is 0. The second-order valence-corrected chi connectivity index (χ2v) is 7.85. The lowest BCUT2D eigenvalue weighted by atomic mass is 9.85. The molecule has 1 fully saturated rings. The third-order valence-corrected chi connectivity index (χ3v) is 5.82. The molecule has 0 N–H and O–H groups in total. The molecule has 0 aromatic carbocycles. The van der Waals surface area contributed by atoms with Gasteiger partial charge in [-0.15, -0.1) is 0 Å². The highest BCUT2D eigenvalue weighted by molar-refractivity contribution is 14.1. The van der Waals surface area contributed by atoms with Gasteiger partial charge in [-0.1, -0.05) is 81.4 Å². The Morgan fingerprint density at radius 3 is 2.26 bits per heavy atom. The van der Waals surface area contributed by atoms with Crippen molar-refractivity contribution in [2.45, 2.75) is 101 Å². The standard InChI is InChI=1S/C17H33IO/c1-4-6-8-10-11-15-16(18)13-14(3)19-17(15)12-9-7-5-2/h14-17H,4-13H2,1-3H3/t14-,15-,16+,17+/m1/s1. The number of halogens is 1. The molecule has 0 unspecified atom stereocenters. The smallest absolute Gasteiger partial charge is 0.0616 e. The minimum Gasteiger partial charge on any atom is -0.375 e. The van der Waals surface area contributed by atoms with Crippen LogP contribution in [-0.4, -0.2) is 16.1 Å². The fraction of sp³-hybridized carbons (Fsp3) is 1.00. The molecule has 0 amide bonds. The van der Waals surface area contributed by atoms with Crippen LogP contribution in [0.1, 0.15) is 85.0 Å². The largest absolute Gasteiger partial charge is 0.375 e. The Labute approximate surface area is 134 Å². The molecule has 2 heteroatoms. The summed E-state index contributed by atoms with van der Waals surface area (Å²) >= 11 is 2.69. The van der Waals surface area contributed by atoms with Gasteiger partial charge in [-0.3, -0.25) is 0 Å².